The van der Waals surface area contributed by atoms with Crippen molar-refractivity contribution in [1.82, 2.24) is 0 Å². The second-order valence-corrected chi connectivity index (χ2v) is 4.05. The zero-order valence-corrected chi connectivity index (χ0v) is 10.8. The molecular formula is C12H24O4. The minimum Gasteiger partial charge on any atom is -0.481 e. The lowest BCUT2D eigenvalue weighted by Gasteiger charge is -2.06. The lowest BCUT2D eigenvalue weighted by molar-refractivity contribution is -0.144. The summed E-state index contributed by atoms with van der Waals surface area (Å²) in [5, 5.41) is 7.42. The first-order valence-electron chi connectivity index (χ1n) is 5.75. The number of aliphatic carboxylic acids is 1. The van der Waals surface area contributed by atoms with E-state index in [4.69, 9.17) is 14.6 Å². The zero-order valence-electron chi connectivity index (χ0n) is 10.8. The highest BCUT2D eigenvalue weighted by Crippen LogP contribution is 2.01. The molecule has 0 aliphatic rings. The highest BCUT2D eigenvalue weighted by Gasteiger charge is 2.02. The maximum atomic E-state index is 11.0. The fraction of sp³-hybridized carbons (Fsp3) is 0.833. The SMILES string of the molecule is CC(=O)O.CCCCCC(=O)OCC(C)C. The van der Waals surface area contributed by atoms with Gasteiger partial charge in [-0.3, -0.25) is 9.59 Å². The van der Waals surface area contributed by atoms with Gasteiger partial charge in [-0.1, -0.05) is 33.6 Å². The largest absolute Gasteiger partial charge is 0.481 e. The van der Waals surface area contributed by atoms with E-state index in [-0.39, 0.29) is 5.97 Å². The van der Waals surface area contributed by atoms with Crippen molar-refractivity contribution in [2.45, 2.75) is 53.4 Å². The lowest BCUT2D eigenvalue weighted by Crippen LogP contribution is -2.09. The van der Waals surface area contributed by atoms with Crippen LogP contribution >= 0.6 is 0 Å². The van der Waals surface area contributed by atoms with Crippen molar-refractivity contribution in [1.29, 1.82) is 0 Å². The van der Waals surface area contributed by atoms with Gasteiger partial charge in [-0.05, 0) is 12.3 Å². The monoisotopic (exact) mass is 232 g/mol. The molecule has 4 nitrogen and oxygen atoms in total. The van der Waals surface area contributed by atoms with Crippen LogP contribution in [0.3, 0.4) is 0 Å². The second kappa shape index (κ2) is 12.0. The van der Waals surface area contributed by atoms with E-state index in [0.717, 1.165) is 26.2 Å². The molecule has 0 saturated carbocycles. The molecule has 0 rings (SSSR count). The van der Waals surface area contributed by atoms with Crippen LogP contribution in [0, 0.1) is 5.92 Å². The first-order chi connectivity index (χ1) is 7.40. The van der Waals surface area contributed by atoms with Gasteiger partial charge in [0.1, 0.15) is 0 Å². The molecule has 96 valence electrons. The topological polar surface area (TPSA) is 63.6 Å². The van der Waals surface area contributed by atoms with Crippen LogP contribution in [0.15, 0.2) is 0 Å². The fourth-order valence-electron chi connectivity index (χ4n) is 0.851. The third kappa shape index (κ3) is 23.1. The summed E-state index contributed by atoms with van der Waals surface area (Å²) in [6.45, 7) is 7.85. The van der Waals surface area contributed by atoms with Gasteiger partial charge < -0.3 is 9.84 Å². The molecule has 0 aromatic heterocycles. The van der Waals surface area contributed by atoms with Crippen molar-refractivity contribution in [3.63, 3.8) is 0 Å². The zero-order chi connectivity index (χ0) is 13.0. The molecule has 0 radical (unpaired) electrons. The quantitative estimate of drug-likeness (QED) is 0.565. The molecule has 0 amide bonds. The van der Waals surface area contributed by atoms with Gasteiger partial charge in [-0.2, -0.15) is 0 Å². The summed E-state index contributed by atoms with van der Waals surface area (Å²) in [7, 11) is 0. The summed E-state index contributed by atoms with van der Waals surface area (Å²) in [6.07, 6.45) is 3.82. The Morgan fingerprint density at radius 3 is 2.12 bits per heavy atom. The number of carboxylic acid groups (broad SMARTS) is 1. The Balaban J connectivity index is 0. The summed E-state index contributed by atoms with van der Waals surface area (Å²) in [4.78, 5) is 20.0. The Labute approximate surface area is 98.0 Å². The van der Waals surface area contributed by atoms with Crippen molar-refractivity contribution < 1.29 is 19.4 Å². The molecule has 0 atom stereocenters. The maximum absolute atomic E-state index is 11.0. The molecule has 0 aromatic carbocycles. The minimum atomic E-state index is -0.833. The van der Waals surface area contributed by atoms with E-state index in [1.807, 2.05) is 13.8 Å². The summed E-state index contributed by atoms with van der Waals surface area (Å²) in [6, 6.07) is 0. The van der Waals surface area contributed by atoms with E-state index < -0.39 is 5.97 Å². The summed E-state index contributed by atoms with van der Waals surface area (Å²) in [5.74, 6) is -0.433. The van der Waals surface area contributed by atoms with E-state index >= 15 is 0 Å². The van der Waals surface area contributed by atoms with Crippen molar-refractivity contribution >= 4 is 11.9 Å². The summed E-state index contributed by atoms with van der Waals surface area (Å²) in [5.41, 5.74) is 0. The molecule has 0 unspecified atom stereocenters. The fourth-order valence-corrected chi connectivity index (χ4v) is 0.851. The molecule has 0 spiro atoms. The first kappa shape index (κ1) is 17.3. The van der Waals surface area contributed by atoms with Gasteiger partial charge in [0, 0.05) is 13.3 Å². The molecule has 0 bridgehead atoms. The predicted molar refractivity (Wildman–Crippen MR) is 63.2 cm³/mol. The smallest absolute Gasteiger partial charge is 0.305 e. The van der Waals surface area contributed by atoms with Crippen LogP contribution in [-0.4, -0.2) is 23.7 Å². The van der Waals surface area contributed by atoms with Gasteiger partial charge in [-0.25, -0.2) is 0 Å². The average Bonchev–Trinajstić information content (AvgIpc) is 2.14. The standard InChI is InChI=1S/C10H20O2.C2H4O2/c1-4-5-6-7-10(11)12-8-9(2)3;1-2(3)4/h9H,4-8H2,1-3H3;1H3,(H,3,4). The lowest BCUT2D eigenvalue weighted by atomic mass is 10.2. The van der Waals surface area contributed by atoms with Gasteiger partial charge in [0.25, 0.3) is 5.97 Å². The maximum Gasteiger partial charge on any atom is 0.305 e. The molecule has 4 heteroatoms. The van der Waals surface area contributed by atoms with Crippen LogP contribution in [0.25, 0.3) is 0 Å². The predicted octanol–water partition coefficient (Wildman–Crippen LogP) is 2.86. The molecule has 0 fully saturated rings. The third-order valence-electron chi connectivity index (χ3n) is 1.56. The van der Waals surface area contributed by atoms with Crippen LogP contribution in [0.4, 0.5) is 0 Å². The van der Waals surface area contributed by atoms with Crippen LogP contribution in [0.2, 0.25) is 0 Å². The Morgan fingerprint density at radius 1 is 1.25 bits per heavy atom. The number of esters is 1. The van der Waals surface area contributed by atoms with Crippen LogP contribution in [-0.2, 0) is 14.3 Å². The highest BCUT2D eigenvalue weighted by molar-refractivity contribution is 5.69. The van der Waals surface area contributed by atoms with Crippen molar-refractivity contribution in [2.24, 2.45) is 5.92 Å². The number of rotatable bonds is 6. The van der Waals surface area contributed by atoms with E-state index in [2.05, 4.69) is 6.92 Å². The Morgan fingerprint density at radius 2 is 1.75 bits per heavy atom. The first-order valence-corrected chi connectivity index (χ1v) is 5.75. The highest BCUT2D eigenvalue weighted by atomic mass is 16.5. The normalized spacial score (nSPS) is 9.31. The third-order valence-corrected chi connectivity index (χ3v) is 1.56. The van der Waals surface area contributed by atoms with E-state index in [1.165, 1.54) is 0 Å². The number of ether oxygens (including phenoxy) is 1. The van der Waals surface area contributed by atoms with Gasteiger partial charge in [-0.15, -0.1) is 0 Å². The van der Waals surface area contributed by atoms with E-state index in [1.54, 1.807) is 0 Å². The van der Waals surface area contributed by atoms with Crippen LogP contribution in [0.5, 0.6) is 0 Å². The molecule has 0 aliphatic carbocycles. The molecule has 16 heavy (non-hydrogen) atoms. The number of carbonyl (C=O) groups excluding carboxylic acids is 1. The van der Waals surface area contributed by atoms with Gasteiger partial charge in [0.2, 0.25) is 0 Å². The molecule has 0 aliphatic heterocycles. The van der Waals surface area contributed by atoms with Gasteiger partial charge in [0.15, 0.2) is 0 Å². The van der Waals surface area contributed by atoms with Crippen LogP contribution < -0.4 is 0 Å². The number of hydrogen-bond acceptors (Lipinski definition) is 3. The van der Waals surface area contributed by atoms with Crippen LogP contribution in [0.1, 0.15) is 53.4 Å². The molecular weight excluding hydrogens is 208 g/mol. The number of unbranched alkanes of at least 4 members (excludes halogenated alkanes) is 2. The van der Waals surface area contributed by atoms with Gasteiger partial charge in [0.05, 0.1) is 6.61 Å². The molecule has 0 aromatic rings. The molecule has 1 N–H and O–H groups in total. The Kier molecular flexibility index (Phi) is 13.0. The van der Waals surface area contributed by atoms with Crippen molar-refractivity contribution in [3.8, 4) is 0 Å². The number of carbonyl (C=O) groups is 2. The summed E-state index contributed by atoms with van der Waals surface area (Å²) < 4.78 is 5.01. The Hall–Kier alpha value is -1.06. The van der Waals surface area contributed by atoms with Gasteiger partial charge >= 0.3 is 5.97 Å². The second-order valence-electron chi connectivity index (χ2n) is 4.05. The number of carboxylic acids is 1. The molecule has 0 saturated heterocycles. The average molecular weight is 232 g/mol. The van der Waals surface area contributed by atoms with E-state index in [0.29, 0.717) is 18.9 Å². The molecule has 0 heterocycles. The summed E-state index contributed by atoms with van der Waals surface area (Å²) >= 11 is 0. The Bertz CT molecular complexity index is 183. The van der Waals surface area contributed by atoms with Crippen molar-refractivity contribution in [2.75, 3.05) is 6.61 Å². The number of hydrogen-bond donors (Lipinski definition) is 1. The van der Waals surface area contributed by atoms with Crippen molar-refractivity contribution in [3.05, 3.63) is 0 Å². The van der Waals surface area contributed by atoms with E-state index in [9.17, 15) is 4.79 Å². The minimum absolute atomic E-state index is 0.0443.